The van der Waals surface area contributed by atoms with E-state index < -0.39 is 0 Å². The van der Waals surface area contributed by atoms with Gasteiger partial charge in [-0.05, 0) is 30.5 Å². The van der Waals surface area contributed by atoms with Crippen molar-refractivity contribution in [3.8, 4) is 0 Å². The van der Waals surface area contributed by atoms with Gasteiger partial charge in [0.15, 0.2) is 0 Å². The SMILES string of the molecule is CCCNCC(O)CN1CCc2ccccc2C1. The average Bonchev–Trinajstić information content (AvgIpc) is 2.39. The summed E-state index contributed by atoms with van der Waals surface area (Å²) in [4.78, 5) is 2.35. The second-order valence-corrected chi connectivity index (χ2v) is 5.11. The van der Waals surface area contributed by atoms with Gasteiger partial charge in [-0.3, -0.25) is 4.90 Å². The molecule has 0 aliphatic carbocycles. The van der Waals surface area contributed by atoms with Crippen LogP contribution in [0.2, 0.25) is 0 Å². The van der Waals surface area contributed by atoms with Crippen molar-refractivity contribution in [1.29, 1.82) is 0 Å². The molecule has 0 saturated carbocycles. The summed E-state index contributed by atoms with van der Waals surface area (Å²) in [5.41, 5.74) is 2.88. The number of fused-ring (bicyclic) bond motifs is 1. The molecule has 1 aliphatic heterocycles. The Kier molecular flexibility index (Phi) is 5.17. The van der Waals surface area contributed by atoms with Crippen LogP contribution in [0.5, 0.6) is 0 Å². The molecule has 0 aromatic heterocycles. The Bertz CT molecular complexity index is 367. The Labute approximate surface area is 110 Å². The smallest absolute Gasteiger partial charge is 0.0791 e. The first-order valence-electron chi connectivity index (χ1n) is 6.97. The Hall–Kier alpha value is -0.900. The Balaban J connectivity index is 1.79. The van der Waals surface area contributed by atoms with E-state index in [1.807, 2.05) is 0 Å². The lowest BCUT2D eigenvalue weighted by molar-refractivity contribution is 0.104. The standard InChI is InChI=1S/C15H24N2O/c1-2-8-16-10-15(18)12-17-9-7-13-5-3-4-6-14(13)11-17/h3-6,15-16,18H,2,7-12H2,1H3. The maximum Gasteiger partial charge on any atom is 0.0791 e. The summed E-state index contributed by atoms with van der Waals surface area (Å²) >= 11 is 0. The molecule has 2 N–H and O–H groups in total. The fourth-order valence-corrected chi connectivity index (χ4v) is 2.52. The number of benzene rings is 1. The van der Waals surface area contributed by atoms with Crippen LogP contribution >= 0.6 is 0 Å². The summed E-state index contributed by atoms with van der Waals surface area (Å²) in [6, 6.07) is 8.62. The molecule has 100 valence electrons. The molecule has 1 heterocycles. The van der Waals surface area contributed by atoms with E-state index in [1.54, 1.807) is 0 Å². The molecular formula is C15H24N2O. The zero-order chi connectivity index (χ0) is 12.8. The Morgan fingerprint density at radius 3 is 2.89 bits per heavy atom. The lowest BCUT2D eigenvalue weighted by atomic mass is 10.00. The molecule has 3 heteroatoms. The van der Waals surface area contributed by atoms with Gasteiger partial charge in [-0.15, -0.1) is 0 Å². The molecule has 1 aromatic rings. The molecule has 1 unspecified atom stereocenters. The maximum atomic E-state index is 9.97. The van der Waals surface area contributed by atoms with Crippen LogP contribution in [0.4, 0.5) is 0 Å². The first-order chi connectivity index (χ1) is 8.79. The fourth-order valence-electron chi connectivity index (χ4n) is 2.52. The van der Waals surface area contributed by atoms with Gasteiger partial charge >= 0.3 is 0 Å². The van der Waals surface area contributed by atoms with Crippen LogP contribution in [0.15, 0.2) is 24.3 Å². The maximum absolute atomic E-state index is 9.97. The molecule has 18 heavy (non-hydrogen) atoms. The summed E-state index contributed by atoms with van der Waals surface area (Å²) in [7, 11) is 0. The zero-order valence-electron chi connectivity index (χ0n) is 11.2. The van der Waals surface area contributed by atoms with E-state index in [1.165, 1.54) is 11.1 Å². The van der Waals surface area contributed by atoms with Gasteiger partial charge in [-0.1, -0.05) is 31.2 Å². The van der Waals surface area contributed by atoms with Gasteiger partial charge in [0, 0.05) is 26.2 Å². The van der Waals surface area contributed by atoms with Gasteiger partial charge in [0.1, 0.15) is 0 Å². The van der Waals surface area contributed by atoms with Crippen molar-refractivity contribution in [3.05, 3.63) is 35.4 Å². The normalized spacial score (nSPS) is 17.4. The summed E-state index contributed by atoms with van der Waals surface area (Å²) < 4.78 is 0. The lowest BCUT2D eigenvalue weighted by Gasteiger charge is -2.30. The molecule has 0 saturated heterocycles. The minimum atomic E-state index is -0.262. The van der Waals surface area contributed by atoms with Crippen molar-refractivity contribution < 1.29 is 5.11 Å². The molecule has 0 bridgehead atoms. The highest BCUT2D eigenvalue weighted by molar-refractivity contribution is 5.29. The Morgan fingerprint density at radius 1 is 1.33 bits per heavy atom. The van der Waals surface area contributed by atoms with Crippen LogP contribution in [0.25, 0.3) is 0 Å². The highest BCUT2D eigenvalue weighted by Crippen LogP contribution is 2.18. The summed E-state index contributed by atoms with van der Waals surface area (Å²) in [6.45, 7) is 6.63. The zero-order valence-corrected chi connectivity index (χ0v) is 11.2. The van der Waals surface area contributed by atoms with Crippen LogP contribution in [0, 0.1) is 0 Å². The molecular weight excluding hydrogens is 224 g/mol. The largest absolute Gasteiger partial charge is 0.390 e. The van der Waals surface area contributed by atoms with E-state index in [-0.39, 0.29) is 6.10 Å². The molecule has 3 nitrogen and oxygen atoms in total. The number of nitrogens with one attached hydrogen (secondary N) is 1. The van der Waals surface area contributed by atoms with Gasteiger partial charge in [-0.25, -0.2) is 0 Å². The van der Waals surface area contributed by atoms with E-state index in [4.69, 9.17) is 0 Å². The number of hydrogen-bond donors (Lipinski definition) is 2. The van der Waals surface area contributed by atoms with Crippen LogP contribution < -0.4 is 5.32 Å². The summed E-state index contributed by atoms with van der Waals surface area (Å²) in [5, 5.41) is 13.2. The van der Waals surface area contributed by atoms with E-state index in [2.05, 4.69) is 41.4 Å². The summed E-state index contributed by atoms with van der Waals surface area (Å²) in [5.74, 6) is 0. The van der Waals surface area contributed by atoms with E-state index in [9.17, 15) is 5.11 Å². The lowest BCUT2D eigenvalue weighted by Crippen LogP contribution is -2.40. The van der Waals surface area contributed by atoms with Crippen molar-refractivity contribution in [1.82, 2.24) is 10.2 Å². The predicted molar refractivity (Wildman–Crippen MR) is 74.6 cm³/mol. The molecule has 0 spiro atoms. The van der Waals surface area contributed by atoms with Crippen LogP contribution in [-0.4, -0.2) is 42.3 Å². The van der Waals surface area contributed by atoms with Crippen molar-refractivity contribution in [2.45, 2.75) is 32.4 Å². The second kappa shape index (κ2) is 6.88. The van der Waals surface area contributed by atoms with Crippen LogP contribution in [-0.2, 0) is 13.0 Å². The number of aliphatic hydroxyl groups excluding tert-OH is 1. The molecule has 0 amide bonds. The second-order valence-electron chi connectivity index (χ2n) is 5.11. The van der Waals surface area contributed by atoms with E-state index in [0.29, 0.717) is 6.54 Å². The fraction of sp³-hybridized carbons (Fsp3) is 0.600. The minimum absolute atomic E-state index is 0.262. The Morgan fingerprint density at radius 2 is 2.11 bits per heavy atom. The molecule has 2 rings (SSSR count). The van der Waals surface area contributed by atoms with Crippen molar-refractivity contribution >= 4 is 0 Å². The quantitative estimate of drug-likeness (QED) is 0.747. The third-order valence-corrected chi connectivity index (χ3v) is 3.49. The first-order valence-corrected chi connectivity index (χ1v) is 6.97. The number of nitrogens with zero attached hydrogens (tertiary/aromatic N) is 1. The van der Waals surface area contributed by atoms with Gasteiger partial charge in [0.2, 0.25) is 0 Å². The highest BCUT2D eigenvalue weighted by atomic mass is 16.3. The molecule has 1 atom stereocenters. The van der Waals surface area contributed by atoms with Gasteiger partial charge in [0.25, 0.3) is 0 Å². The first kappa shape index (κ1) is 13.5. The minimum Gasteiger partial charge on any atom is -0.390 e. The number of β-amino-alcohol motifs (C(OH)–C–C–N with tert-alkyl or cyclic N) is 1. The van der Waals surface area contributed by atoms with Gasteiger partial charge in [-0.2, -0.15) is 0 Å². The number of rotatable bonds is 6. The summed E-state index contributed by atoms with van der Waals surface area (Å²) in [6.07, 6.45) is 1.96. The highest BCUT2D eigenvalue weighted by Gasteiger charge is 2.17. The van der Waals surface area contributed by atoms with Crippen molar-refractivity contribution in [2.75, 3.05) is 26.2 Å². The molecule has 1 aliphatic rings. The molecule has 0 radical (unpaired) electrons. The van der Waals surface area contributed by atoms with Crippen molar-refractivity contribution in [2.24, 2.45) is 0 Å². The molecule has 0 fully saturated rings. The molecule has 1 aromatic carbocycles. The number of hydrogen-bond acceptors (Lipinski definition) is 3. The number of aliphatic hydroxyl groups is 1. The monoisotopic (exact) mass is 248 g/mol. The van der Waals surface area contributed by atoms with Crippen LogP contribution in [0.1, 0.15) is 24.5 Å². The van der Waals surface area contributed by atoms with Crippen molar-refractivity contribution in [3.63, 3.8) is 0 Å². The third-order valence-electron chi connectivity index (χ3n) is 3.49. The third kappa shape index (κ3) is 3.80. The van der Waals surface area contributed by atoms with Gasteiger partial charge in [0.05, 0.1) is 6.10 Å². The average molecular weight is 248 g/mol. The van der Waals surface area contributed by atoms with E-state index in [0.717, 1.165) is 39.0 Å². The van der Waals surface area contributed by atoms with E-state index >= 15 is 0 Å². The predicted octanol–water partition coefficient (Wildman–Crippen LogP) is 1.41. The van der Waals surface area contributed by atoms with Crippen LogP contribution in [0.3, 0.4) is 0 Å². The topological polar surface area (TPSA) is 35.5 Å². The van der Waals surface area contributed by atoms with Gasteiger partial charge < -0.3 is 10.4 Å².